The molecule has 0 radical (unpaired) electrons. The predicted octanol–water partition coefficient (Wildman–Crippen LogP) is 2.87. The van der Waals surface area contributed by atoms with Gasteiger partial charge in [-0.15, -0.1) is 0 Å². The number of hydrogen-bond acceptors (Lipinski definition) is 5. The van der Waals surface area contributed by atoms with Crippen molar-refractivity contribution >= 4 is 5.91 Å². The highest BCUT2D eigenvalue weighted by molar-refractivity contribution is 5.96. The zero-order valence-corrected chi connectivity index (χ0v) is 17.5. The number of benzene rings is 1. The number of halogens is 2. The number of carbonyl (C=O) groups is 1. The number of aromatic hydroxyl groups is 1. The summed E-state index contributed by atoms with van der Waals surface area (Å²) in [5.41, 5.74) is 0.761. The first-order valence-electron chi connectivity index (χ1n) is 10.5. The number of carbonyl (C=O) groups excluding carboxylic acids is 1. The topological polar surface area (TPSA) is 78.7 Å². The van der Waals surface area contributed by atoms with Crippen molar-refractivity contribution in [2.24, 2.45) is 0 Å². The number of amides is 1. The van der Waals surface area contributed by atoms with E-state index in [4.69, 9.17) is 0 Å². The van der Waals surface area contributed by atoms with Crippen LogP contribution in [0.1, 0.15) is 39.8 Å². The monoisotopic (exact) mass is 450 g/mol. The summed E-state index contributed by atoms with van der Waals surface area (Å²) in [6, 6.07) is 7.69. The molecule has 2 aliphatic heterocycles. The molecule has 3 aromatic rings. The van der Waals surface area contributed by atoms with Gasteiger partial charge in [-0.05, 0) is 36.6 Å². The standard InChI is InChI=1S/C24H20F2N4O3/c25-16-6-4-5-15(11-16)21-18-12-17(26)13-27-19(18)7-2-1-3-9-28-14-30(21)29-10-8-20(31)23(32)22(29)24(28)33/h1,3-6,8,10-13,21,32H,2,7,9,14H2/b3-1-/t21-/m1/s1. The molecule has 2 bridgehead atoms. The van der Waals surface area contributed by atoms with E-state index in [1.165, 1.54) is 34.0 Å². The van der Waals surface area contributed by atoms with Gasteiger partial charge in [0.25, 0.3) is 5.91 Å². The van der Waals surface area contributed by atoms with Crippen LogP contribution < -0.4 is 10.4 Å². The van der Waals surface area contributed by atoms with E-state index < -0.39 is 34.8 Å². The minimum Gasteiger partial charge on any atom is -0.502 e. The molecule has 1 atom stereocenters. The Labute approximate surface area is 187 Å². The fourth-order valence-electron chi connectivity index (χ4n) is 4.39. The Bertz CT molecular complexity index is 1340. The lowest BCUT2D eigenvalue weighted by Gasteiger charge is -2.44. The van der Waals surface area contributed by atoms with Gasteiger partial charge in [0.1, 0.15) is 18.3 Å². The highest BCUT2D eigenvalue weighted by Crippen LogP contribution is 2.34. The molecule has 168 valence electrons. The maximum atomic E-state index is 14.4. The molecule has 7 nitrogen and oxygen atoms in total. The average Bonchev–Trinajstić information content (AvgIpc) is 2.82. The summed E-state index contributed by atoms with van der Waals surface area (Å²) < 4.78 is 30.1. The van der Waals surface area contributed by atoms with Crippen LogP contribution in [-0.4, -0.2) is 38.8 Å². The quantitative estimate of drug-likeness (QED) is 0.577. The summed E-state index contributed by atoms with van der Waals surface area (Å²) in [7, 11) is 0. The summed E-state index contributed by atoms with van der Waals surface area (Å²) in [5.74, 6) is -2.21. The Morgan fingerprint density at radius 1 is 1.06 bits per heavy atom. The van der Waals surface area contributed by atoms with Gasteiger partial charge in [-0.3, -0.25) is 24.3 Å². The fourth-order valence-corrected chi connectivity index (χ4v) is 4.39. The van der Waals surface area contributed by atoms with E-state index in [0.29, 0.717) is 29.7 Å². The van der Waals surface area contributed by atoms with Crippen LogP contribution in [0.5, 0.6) is 5.75 Å². The molecule has 5 rings (SSSR count). The molecule has 0 unspecified atom stereocenters. The van der Waals surface area contributed by atoms with Gasteiger partial charge in [0.2, 0.25) is 5.43 Å². The molecule has 2 aromatic heterocycles. The van der Waals surface area contributed by atoms with Crippen molar-refractivity contribution in [1.29, 1.82) is 0 Å². The highest BCUT2D eigenvalue weighted by Gasteiger charge is 2.37. The van der Waals surface area contributed by atoms with Crippen LogP contribution in [0.15, 0.2) is 65.7 Å². The van der Waals surface area contributed by atoms with Gasteiger partial charge in [-0.2, -0.15) is 0 Å². The van der Waals surface area contributed by atoms with Crippen molar-refractivity contribution < 1.29 is 18.7 Å². The minimum absolute atomic E-state index is 0.0512. The lowest BCUT2D eigenvalue weighted by Crippen LogP contribution is -2.55. The molecule has 0 spiro atoms. The zero-order chi connectivity index (χ0) is 23.1. The molecule has 1 amide bonds. The number of pyridine rings is 2. The van der Waals surface area contributed by atoms with E-state index in [1.807, 2.05) is 12.2 Å². The summed E-state index contributed by atoms with van der Waals surface area (Å²) in [6.07, 6.45) is 7.40. The van der Waals surface area contributed by atoms with Gasteiger partial charge in [-0.25, -0.2) is 8.78 Å². The van der Waals surface area contributed by atoms with E-state index in [-0.39, 0.29) is 18.9 Å². The van der Waals surface area contributed by atoms with Gasteiger partial charge in [0, 0.05) is 30.1 Å². The van der Waals surface area contributed by atoms with Gasteiger partial charge in [-0.1, -0.05) is 24.3 Å². The van der Waals surface area contributed by atoms with Crippen LogP contribution in [0.2, 0.25) is 0 Å². The van der Waals surface area contributed by atoms with E-state index in [9.17, 15) is 23.5 Å². The first-order valence-corrected chi connectivity index (χ1v) is 10.5. The molecule has 2 aliphatic rings. The molecule has 33 heavy (non-hydrogen) atoms. The molecule has 4 heterocycles. The molecule has 1 aromatic carbocycles. The van der Waals surface area contributed by atoms with E-state index in [0.717, 1.165) is 12.3 Å². The van der Waals surface area contributed by atoms with Gasteiger partial charge in [0.15, 0.2) is 11.4 Å². The predicted molar refractivity (Wildman–Crippen MR) is 116 cm³/mol. The molecular weight excluding hydrogens is 430 g/mol. The number of aromatic nitrogens is 2. The van der Waals surface area contributed by atoms with Crippen LogP contribution >= 0.6 is 0 Å². The SMILES string of the molecule is O=C1c2c(O)c(=O)ccn2N2CN1C/C=C\CCc1ncc(F)cc1[C@H]2c1cccc(F)c1. The van der Waals surface area contributed by atoms with Crippen LogP contribution in [0.25, 0.3) is 0 Å². The Morgan fingerprint density at radius 3 is 2.73 bits per heavy atom. The summed E-state index contributed by atoms with van der Waals surface area (Å²) in [4.78, 5) is 31.1. The van der Waals surface area contributed by atoms with E-state index in [2.05, 4.69) is 4.98 Å². The Morgan fingerprint density at radius 2 is 1.91 bits per heavy atom. The highest BCUT2D eigenvalue weighted by atomic mass is 19.1. The van der Waals surface area contributed by atoms with Gasteiger partial charge < -0.3 is 10.0 Å². The molecular formula is C24H20F2N4O3. The van der Waals surface area contributed by atoms with Crippen molar-refractivity contribution in [2.45, 2.75) is 18.9 Å². The second-order valence-corrected chi connectivity index (χ2v) is 7.99. The van der Waals surface area contributed by atoms with Gasteiger partial charge >= 0.3 is 0 Å². The third-order valence-electron chi connectivity index (χ3n) is 5.90. The molecule has 0 fully saturated rings. The number of fused-ring (bicyclic) bond motifs is 5. The largest absolute Gasteiger partial charge is 0.502 e. The summed E-state index contributed by atoms with van der Waals surface area (Å²) >= 11 is 0. The van der Waals surface area contributed by atoms with Crippen LogP contribution in [-0.2, 0) is 6.42 Å². The average molecular weight is 450 g/mol. The third kappa shape index (κ3) is 3.65. The third-order valence-corrected chi connectivity index (χ3v) is 5.90. The number of allylic oxidation sites excluding steroid dienone is 1. The first kappa shape index (κ1) is 20.9. The number of aryl methyl sites for hydroxylation is 1. The van der Waals surface area contributed by atoms with Crippen LogP contribution in [0.4, 0.5) is 8.78 Å². The Balaban J connectivity index is 1.82. The van der Waals surface area contributed by atoms with Crippen LogP contribution in [0.3, 0.4) is 0 Å². The smallest absolute Gasteiger partial charge is 0.278 e. The van der Waals surface area contributed by atoms with Gasteiger partial charge in [0.05, 0.1) is 12.2 Å². The number of nitrogens with zero attached hydrogens (tertiary/aromatic N) is 4. The van der Waals surface area contributed by atoms with Crippen molar-refractivity contribution in [3.05, 3.63) is 105 Å². The van der Waals surface area contributed by atoms with Crippen molar-refractivity contribution in [1.82, 2.24) is 14.6 Å². The number of rotatable bonds is 1. The molecule has 9 heteroatoms. The molecule has 0 aliphatic carbocycles. The fraction of sp³-hybridized carbons (Fsp3) is 0.208. The lowest BCUT2D eigenvalue weighted by atomic mass is 9.94. The zero-order valence-electron chi connectivity index (χ0n) is 17.5. The summed E-state index contributed by atoms with van der Waals surface area (Å²) in [6.45, 7) is 0.293. The van der Waals surface area contributed by atoms with Crippen LogP contribution in [0, 0.1) is 11.6 Å². The number of hydrogen-bond donors (Lipinski definition) is 1. The molecule has 1 N–H and O–H groups in total. The first-order chi connectivity index (χ1) is 15.9. The minimum atomic E-state index is -0.756. The summed E-state index contributed by atoms with van der Waals surface area (Å²) in [5, 5.41) is 12.2. The molecule has 0 saturated carbocycles. The van der Waals surface area contributed by atoms with Crippen molar-refractivity contribution in [3.63, 3.8) is 0 Å². The van der Waals surface area contributed by atoms with E-state index in [1.54, 1.807) is 17.1 Å². The lowest BCUT2D eigenvalue weighted by molar-refractivity contribution is 0.0701. The Kier molecular flexibility index (Phi) is 5.16. The van der Waals surface area contributed by atoms with Crippen molar-refractivity contribution in [3.8, 4) is 5.75 Å². The maximum absolute atomic E-state index is 14.4. The molecule has 0 saturated heterocycles. The second-order valence-electron chi connectivity index (χ2n) is 7.99. The van der Waals surface area contributed by atoms with Crippen molar-refractivity contribution in [2.75, 3.05) is 18.2 Å². The Hall–Kier alpha value is -4.01. The second kappa shape index (κ2) is 8.16. The normalized spacial score (nSPS) is 18.8. The maximum Gasteiger partial charge on any atom is 0.278 e. The van der Waals surface area contributed by atoms with E-state index >= 15 is 0 Å².